The third kappa shape index (κ3) is 5.34. The number of carbonyl (C=O) groups excluding carboxylic acids is 2. The van der Waals surface area contributed by atoms with E-state index in [1.165, 1.54) is 6.92 Å². The highest BCUT2D eigenvalue weighted by Gasteiger charge is 2.01. The van der Waals surface area contributed by atoms with Crippen LogP contribution < -0.4 is 15.4 Å². The van der Waals surface area contributed by atoms with Crippen molar-refractivity contribution in [1.82, 2.24) is 10.6 Å². The highest BCUT2D eigenvalue weighted by Crippen LogP contribution is 2.10. The van der Waals surface area contributed by atoms with Crippen LogP contribution in [-0.4, -0.2) is 25.5 Å². The average Bonchev–Trinajstić information content (AvgIpc) is 2.36. The zero-order valence-electron chi connectivity index (χ0n) is 10.7. The van der Waals surface area contributed by atoms with Gasteiger partial charge in [-0.1, -0.05) is 12.1 Å². The van der Waals surface area contributed by atoms with Crippen molar-refractivity contribution in [2.45, 2.75) is 19.9 Å². The number of hydrogen-bond acceptors (Lipinski definition) is 3. The molecule has 1 aromatic rings. The van der Waals surface area contributed by atoms with Gasteiger partial charge in [0.05, 0.1) is 7.11 Å². The topological polar surface area (TPSA) is 67.4 Å². The van der Waals surface area contributed by atoms with E-state index >= 15 is 0 Å². The quantitative estimate of drug-likeness (QED) is 0.786. The summed E-state index contributed by atoms with van der Waals surface area (Å²) in [6.45, 7) is 2.27. The van der Waals surface area contributed by atoms with Crippen LogP contribution in [0.4, 0.5) is 0 Å². The summed E-state index contributed by atoms with van der Waals surface area (Å²) in [7, 11) is 1.61. The third-order valence-corrected chi connectivity index (χ3v) is 2.37. The second kappa shape index (κ2) is 7.32. The van der Waals surface area contributed by atoms with E-state index in [-0.39, 0.29) is 18.2 Å². The summed E-state index contributed by atoms with van der Waals surface area (Å²) < 4.78 is 5.04. The number of ether oxygens (including phenoxy) is 1. The fraction of sp³-hybridized carbons (Fsp3) is 0.385. The van der Waals surface area contributed by atoms with Crippen molar-refractivity contribution in [3.8, 4) is 5.75 Å². The van der Waals surface area contributed by atoms with E-state index in [2.05, 4.69) is 10.6 Å². The summed E-state index contributed by atoms with van der Waals surface area (Å²) >= 11 is 0. The van der Waals surface area contributed by atoms with Crippen LogP contribution in [0.2, 0.25) is 0 Å². The Hall–Kier alpha value is -2.04. The first-order valence-corrected chi connectivity index (χ1v) is 5.76. The van der Waals surface area contributed by atoms with Gasteiger partial charge in [-0.3, -0.25) is 9.59 Å². The molecule has 0 saturated heterocycles. The number of rotatable bonds is 6. The monoisotopic (exact) mass is 250 g/mol. The van der Waals surface area contributed by atoms with Crippen molar-refractivity contribution in [3.05, 3.63) is 29.8 Å². The zero-order chi connectivity index (χ0) is 13.4. The fourth-order valence-corrected chi connectivity index (χ4v) is 1.38. The van der Waals surface area contributed by atoms with E-state index in [4.69, 9.17) is 4.74 Å². The second-order valence-corrected chi connectivity index (χ2v) is 3.86. The molecule has 5 nitrogen and oxygen atoms in total. The largest absolute Gasteiger partial charge is 0.497 e. The van der Waals surface area contributed by atoms with Gasteiger partial charge in [0.15, 0.2) is 0 Å². The van der Waals surface area contributed by atoms with Crippen molar-refractivity contribution in [3.63, 3.8) is 0 Å². The standard InChI is InChI=1S/C13H18N2O3/c1-10(16)14-8-7-13(17)15-9-11-3-5-12(18-2)6-4-11/h3-6H,7-9H2,1-2H3,(H,14,16)(H,15,17). The normalized spacial score (nSPS) is 9.67. The molecule has 0 atom stereocenters. The SMILES string of the molecule is COc1ccc(CNC(=O)CCNC(C)=O)cc1. The van der Waals surface area contributed by atoms with Gasteiger partial charge < -0.3 is 15.4 Å². The van der Waals surface area contributed by atoms with E-state index in [0.717, 1.165) is 11.3 Å². The van der Waals surface area contributed by atoms with Crippen LogP contribution in [0.1, 0.15) is 18.9 Å². The Kier molecular flexibility index (Phi) is 5.70. The number of hydrogen-bond donors (Lipinski definition) is 2. The molecule has 0 aliphatic carbocycles. The molecule has 0 unspecified atom stereocenters. The molecule has 1 rings (SSSR count). The van der Waals surface area contributed by atoms with Gasteiger partial charge in [0.25, 0.3) is 0 Å². The van der Waals surface area contributed by atoms with Crippen LogP contribution in [0.15, 0.2) is 24.3 Å². The van der Waals surface area contributed by atoms with Gasteiger partial charge >= 0.3 is 0 Å². The Morgan fingerprint density at radius 2 is 1.83 bits per heavy atom. The van der Waals surface area contributed by atoms with Crippen molar-refractivity contribution in [1.29, 1.82) is 0 Å². The Bertz CT molecular complexity index is 401. The van der Waals surface area contributed by atoms with Crippen molar-refractivity contribution in [2.75, 3.05) is 13.7 Å². The van der Waals surface area contributed by atoms with E-state index < -0.39 is 0 Å². The molecule has 5 heteroatoms. The second-order valence-electron chi connectivity index (χ2n) is 3.86. The lowest BCUT2D eigenvalue weighted by Crippen LogP contribution is -2.29. The molecule has 18 heavy (non-hydrogen) atoms. The van der Waals surface area contributed by atoms with Gasteiger partial charge in [-0.2, -0.15) is 0 Å². The van der Waals surface area contributed by atoms with Gasteiger partial charge in [-0.05, 0) is 17.7 Å². The maximum atomic E-state index is 11.4. The van der Waals surface area contributed by atoms with Gasteiger partial charge in [-0.25, -0.2) is 0 Å². The van der Waals surface area contributed by atoms with Gasteiger partial charge in [0.1, 0.15) is 5.75 Å². The van der Waals surface area contributed by atoms with Crippen LogP contribution in [-0.2, 0) is 16.1 Å². The Morgan fingerprint density at radius 3 is 2.39 bits per heavy atom. The number of carbonyl (C=O) groups is 2. The molecule has 0 bridgehead atoms. The van der Waals surface area contributed by atoms with Crippen molar-refractivity contribution in [2.24, 2.45) is 0 Å². The summed E-state index contributed by atoms with van der Waals surface area (Å²) in [6.07, 6.45) is 0.287. The zero-order valence-corrected chi connectivity index (χ0v) is 10.7. The minimum absolute atomic E-state index is 0.0837. The van der Waals surface area contributed by atoms with Crippen LogP contribution >= 0.6 is 0 Å². The first-order chi connectivity index (χ1) is 8.61. The number of amides is 2. The van der Waals surface area contributed by atoms with Crippen molar-refractivity contribution >= 4 is 11.8 Å². The van der Waals surface area contributed by atoms with E-state index in [9.17, 15) is 9.59 Å². The summed E-state index contributed by atoms with van der Waals surface area (Å²) in [5.74, 6) is 0.577. The number of benzene rings is 1. The number of nitrogens with one attached hydrogen (secondary N) is 2. The Balaban J connectivity index is 2.26. The predicted molar refractivity (Wildman–Crippen MR) is 68.1 cm³/mol. The maximum absolute atomic E-state index is 11.4. The molecular formula is C13H18N2O3. The van der Waals surface area contributed by atoms with Crippen LogP contribution in [0.3, 0.4) is 0 Å². The van der Waals surface area contributed by atoms with E-state index in [1.54, 1.807) is 7.11 Å². The minimum Gasteiger partial charge on any atom is -0.497 e. The van der Waals surface area contributed by atoms with Crippen LogP contribution in [0, 0.1) is 0 Å². The molecule has 0 aliphatic heterocycles. The van der Waals surface area contributed by atoms with Crippen LogP contribution in [0.25, 0.3) is 0 Å². The lowest BCUT2D eigenvalue weighted by atomic mass is 10.2. The molecule has 0 radical (unpaired) electrons. The molecule has 0 spiro atoms. The minimum atomic E-state index is -0.127. The van der Waals surface area contributed by atoms with Crippen molar-refractivity contribution < 1.29 is 14.3 Å². The fourth-order valence-electron chi connectivity index (χ4n) is 1.38. The lowest BCUT2D eigenvalue weighted by molar-refractivity contribution is -0.121. The van der Waals surface area contributed by atoms with Gasteiger partial charge in [0.2, 0.25) is 11.8 Å². The van der Waals surface area contributed by atoms with Crippen LogP contribution in [0.5, 0.6) is 5.75 Å². The average molecular weight is 250 g/mol. The highest BCUT2D eigenvalue weighted by atomic mass is 16.5. The number of methoxy groups -OCH3 is 1. The Morgan fingerprint density at radius 1 is 1.17 bits per heavy atom. The predicted octanol–water partition coefficient (Wildman–Crippen LogP) is 0.838. The molecule has 0 fully saturated rings. The summed E-state index contributed by atoms with van der Waals surface area (Å²) in [5.41, 5.74) is 1.00. The molecule has 1 aromatic carbocycles. The maximum Gasteiger partial charge on any atom is 0.222 e. The molecule has 0 aromatic heterocycles. The summed E-state index contributed by atoms with van der Waals surface area (Å²) in [5, 5.41) is 5.35. The molecular weight excluding hydrogens is 232 g/mol. The summed E-state index contributed by atoms with van der Waals surface area (Å²) in [6, 6.07) is 7.48. The van der Waals surface area contributed by atoms with E-state index in [1.807, 2.05) is 24.3 Å². The molecule has 0 aliphatic rings. The smallest absolute Gasteiger partial charge is 0.222 e. The molecule has 2 amide bonds. The first kappa shape index (κ1) is 14.0. The van der Waals surface area contributed by atoms with Gasteiger partial charge in [-0.15, -0.1) is 0 Å². The molecule has 98 valence electrons. The molecule has 0 heterocycles. The third-order valence-electron chi connectivity index (χ3n) is 2.37. The lowest BCUT2D eigenvalue weighted by Gasteiger charge is -2.06. The summed E-state index contributed by atoms with van der Waals surface area (Å²) in [4.78, 5) is 22.0. The molecule has 0 saturated carbocycles. The van der Waals surface area contributed by atoms with Gasteiger partial charge in [0, 0.05) is 26.4 Å². The van der Waals surface area contributed by atoms with E-state index in [0.29, 0.717) is 13.1 Å². The Labute approximate surface area is 107 Å². The molecule has 2 N–H and O–H groups in total. The highest BCUT2D eigenvalue weighted by molar-refractivity contribution is 5.77. The first-order valence-electron chi connectivity index (χ1n) is 5.76.